The van der Waals surface area contributed by atoms with Crippen LogP contribution in [0, 0.1) is 0 Å². The van der Waals surface area contributed by atoms with Crippen LogP contribution in [0.1, 0.15) is 23.2 Å². The van der Waals surface area contributed by atoms with E-state index in [0.717, 1.165) is 17.4 Å². The fraction of sp³-hybridized carbons (Fsp3) is 0.417. The molecule has 92 valence electrons. The molecule has 1 heterocycles. The minimum absolute atomic E-state index is 0.0674. The SMILES string of the molecule is O=C(NCC1CCCN1)c1ccc(Cl)cc1Br. The molecule has 0 radical (unpaired) electrons. The molecule has 1 saturated heterocycles. The fourth-order valence-corrected chi connectivity index (χ4v) is 2.78. The van der Waals surface area contributed by atoms with Gasteiger partial charge in [0.25, 0.3) is 5.91 Å². The second-order valence-electron chi connectivity index (χ2n) is 4.13. The van der Waals surface area contributed by atoms with Gasteiger partial charge in [-0.2, -0.15) is 0 Å². The third kappa shape index (κ3) is 3.44. The summed E-state index contributed by atoms with van der Waals surface area (Å²) < 4.78 is 0.724. The van der Waals surface area contributed by atoms with Gasteiger partial charge in [0.15, 0.2) is 0 Å². The van der Waals surface area contributed by atoms with Crippen LogP contribution in [-0.4, -0.2) is 25.0 Å². The average Bonchev–Trinajstić information content (AvgIpc) is 2.78. The predicted octanol–water partition coefficient (Wildman–Crippen LogP) is 2.58. The maximum atomic E-state index is 11.9. The van der Waals surface area contributed by atoms with E-state index < -0.39 is 0 Å². The van der Waals surface area contributed by atoms with Gasteiger partial charge in [0.05, 0.1) is 5.56 Å². The summed E-state index contributed by atoms with van der Waals surface area (Å²) >= 11 is 9.17. The summed E-state index contributed by atoms with van der Waals surface area (Å²) in [5.41, 5.74) is 0.618. The first-order chi connectivity index (χ1) is 8.16. The molecule has 0 aliphatic carbocycles. The van der Waals surface area contributed by atoms with Gasteiger partial charge < -0.3 is 10.6 Å². The minimum atomic E-state index is -0.0674. The number of hydrogen-bond acceptors (Lipinski definition) is 2. The summed E-state index contributed by atoms with van der Waals surface area (Å²) in [6, 6.07) is 5.58. The lowest BCUT2D eigenvalue weighted by molar-refractivity contribution is 0.0949. The summed E-state index contributed by atoms with van der Waals surface area (Å²) in [4.78, 5) is 11.9. The zero-order valence-electron chi connectivity index (χ0n) is 9.30. The molecule has 17 heavy (non-hydrogen) atoms. The summed E-state index contributed by atoms with van der Waals surface area (Å²) in [6.07, 6.45) is 2.31. The number of carbonyl (C=O) groups excluding carboxylic acids is 1. The highest BCUT2D eigenvalue weighted by atomic mass is 79.9. The first-order valence-corrected chi connectivity index (χ1v) is 6.80. The van der Waals surface area contributed by atoms with E-state index in [4.69, 9.17) is 11.6 Å². The molecule has 0 saturated carbocycles. The molecule has 1 fully saturated rings. The van der Waals surface area contributed by atoms with E-state index in [-0.39, 0.29) is 5.91 Å². The van der Waals surface area contributed by atoms with Crippen LogP contribution in [-0.2, 0) is 0 Å². The van der Waals surface area contributed by atoms with Crippen LogP contribution in [0.25, 0.3) is 0 Å². The van der Waals surface area contributed by atoms with Crippen LogP contribution in [0.15, 0.2) is 22.7 Å². The Kier molecular flexibility index (Phi) is 4.42. The molecule has 1 atom stereocenters. The molecule has 0 bridgehead atoms. The molecule has 2 rings (SSSR count). The van der Waals surface area contributed by atoms with Crippen LogP contribution >= 0.6 is 27.5 Å². The van der Waals surface area contributed by atoms with Crippen molar-refractivity contribution in [3.05, 3.63) is 33.3 Å². The maximum Gasteiger partial charge on any atom is 0.252 e. The summed E-state index contributed by atoms with van der Waals surface area (Å²) in [7, 11) is 0. The fourth-order valence-electron chi connectivity index (χ4n) is 1.92. The Labute approximate surface area is 114 Å². The molecule has 0 aromatic heterocycles. The third-order valence-corrected chi connectivity index (χ3v) is 3.74. The van der Waals surface area contributed by atoms with Crippen molar-refractivity contribution in [2.45, 2.75) is 18.9 Å². The van der Waals surface area contributed by atoms with Crippen LogP contribution in [0.4, 0.5) is 0 Å². The molecule has 1 aliphatic heterocycles. The summed E-state index contributed by atoms with van der Waals surface area (Å²) in [5.74, 6) is -0.0674. The lowest BCUT2D eigenvalue weighted by Crippen LogP contribution is -2.37. The smallest absolute Gasteiger partial charge is 0.252 e. The van der Waals surface area contributed by atoms with Crippen molar-refractivity contribution in [3.8, 4) is 0 Å². The van der Waals surface area contributed by atoms with E-state index in [9.17, 15) is 4.79 Å². The monoisotopic (exact) mass is 316 g/mol. The number of rotatable bonds is 3. The Hall–Kier alpha value is -0.580. The second-order valence-corrected chi connectivity index (χ2v) is 5.42. The third-order valence-electron chi connectivity index (χ3n) is 2.85. The first-order valence-electron chi connectivity index (χ1n) is 5.63. The van der Waals surface area contributed by atoms with Gasteiger partial charge in [-0.25, -0.2) is 0 Å². The van der Waals surface area contributed by atoms with Gasteiger partial charge in [-0.3, -0.25) is 4.79 Å². The molecule has 5 heteroatoms. The van der Waals surface area contributed by atoms with Gasteiger partial charge in [0, 0.05) is 22.1 Å². The molecule has 1 unspecified atom stereocenters. The van der Waals surface area contributed by atoms with Crippen molar-refractivity contribution < 1.29 is 4.79 Å². The Morgan fingerprint density at radius 3 is 3.06 bits per heavy atom. The summed E-state index contributed by atoms with van der Waals surface area (Å²) in [5, 5.41) is 6.88. The molecule has 3 nitrogen and oxygen atoms in total. The topological polar surface area (TPSA) is 41.1 Å². The van der Waals surface area contributed by atoms with Crippen LogP contribution in [0.2, 0.25) is 5.02 Å². The molecule has 0 spiro atoms. The number of benzene rings is 1. The lowest BCUT2D eigenvalue weighted by Gasteiger charge is -2.12. The van der Waals surface area contributed by atoms with E-state index in [1.54, 1.807) is 18.2 Å². The first kappa shape index (κ1) is 12.9. The molecule has 2 N–H and O–H groups in total. The van der Waals surface area contributed by atoms with Gasteiger partial charge in [-0.1, -0.05) is 11.6 Å². The average molecular weight is 318 g/mol. The second kappa shape index (κ2) is 5.85. The molecular formula is C12H14BrClN2O. The van der Waals surface area contributed by atoms with Crippen molar-refractivity contribution in [3.63, 3.8) is 0 Å². The molecular weight excluding hydrogens is 304 g/mol. The summed E-state index contributed by atoms with van der Waals surface area (Å²) in [6.45, 7) is 1.72. The highest BCUT2D eigenvalue weighted by Crippen LogP contribution is 2.21. The van der Waals surface area contributed by atoms with E-state index in [1.807, 2.05) is 0 Å². The van der Waals surface area contributed by atoms with Crippen LogP contribution in [0.3, 0.4) is 0 Å². The number of amides is 1. The van der Waals surface area contributed by atoms with Crippen molar-refractivity contribution in [1.29, 1.82) is 0 Å². The van der Waals surface area contributed by atoms with Gasteiger partial charge in [0.1, 0.15) is 0 Å². The van der Waals surface area contributed by atoms with Crippen molar-refractivity contribution in [2.24, 2.45) is 0 Å². The number of hydrogen-bond donors (Lipinski definition) is 2. The number of nitrogens with one attached hydrogen (secondary N) is 2. The standard InChI is InChI=1S/C12H14BrClN2O/c13-11-6-8(14)3-4-10(11)12(17)16-7-9-2-1-5-15-9/h3-4,6,9,15H,1-2,5,7H2,(H,16,17). The van der Waals surface area contributed by atoms with Crippen LogP contribution < -0.4 is 10.6 Å². The zero-order chi connectivity index (χ0) is 12.3. The highest BCUT2D eigenvalue weighted by molar-refractivity contribution is 9.10. The van der Waals surface area contributed by atoms with Gasteiger partial charge in [-0.05, 0) is 53.5 Å². The predicted molar refractivity (Wildman–Crippen MR) is 72.5 cm³/mol. The number of carbonyl (C=O) groups is 1. The molecule has 1 aliphatic rings. The van der Waals surface area contributed by atoms with E-state index in [0.29, 0.717) is 23.2 Å². The molecule has 1 aromatic carbocycles. The van der Waals surface area contributed by atoms with Crippen molar-refractivity contribution >= 4 is 33.4 Å². The minimum Gasteiger partial charge on any atom is -0.350 e. The van der Waals surface area contributed by atoms with E-state index >= 15 is 0 Å². The zero-order valence-corrected chi connectivity index (χ0v) is 11.6. The van der Waals surface area contributed by atoms with E-state index in [1.165, 1.54) is 6.42 Å². The van der Waals surface area contributed by atoms with Crippen molar-refractivity contribution in [1.82, 2.24) is 10.6 Å². The number of halogens is 2. The normalized spacial score (nSPS) is 19.3. The Morgan fingerprint density at radius 1 is 1.59 bits per heavy atom. The maximum absolute atomic E-state index is 11.9. The quantitative estimate of drug-likeness (QED) is 0.899. The molecule has 1 amide bonds. The Balaban J connectivity index is 1.94. The Morgan fingerprint density at radius 2 is 2.41 bits per heavy atom. The highest BCUT2D eigenvalue weighted by Gasteiger charge is 2.16. The van der Waals surface area contributed by atoms with Crippen molar-refractivity contribution in [2.75, 3.05) is 13.1 Å². The van der Waals surface area contributed by atoms with Crippen LogP contribution in [0.5, 0.6) is 0 Å². The van der Waals surface area contributed by atoms with Gasteiger partial charge in [0.2, 0.25) is 0 Å². The van der Waals surface area contributed by atoms with Gasteiger partial charge in [-0.15, -0.1) is 0 Å². The Bertz CT molecular complexity index is 419. The molecule has 1 aromatic rings. The lowest BCUT2D eigenvalue weighted by atomic mass is 10.2. The van der Waals surface area contributed by atoms with E-state index in [2.05, 4.69) is 26.6 Å². The largest absolute Gasteiger partial charge is 0.350 e. The van der Waals surface area contributed by atoms with Gasteiger partial charge >= 0.3 is 0 Å².